The van der Waals surface area contributed by atoms with Crippen molar-refractivity contribution in [3.8, 4) is 11.5 Å². The maximum absolute atomic E-state index is 5.75. The molecule has 4 aromatic rings. The summed E-state index contributed by atoms with van der Waals surface area (Å²) in [4.78, 5) is 9.44. The second-order valence-electron chi connectivity index (χ2n) is 7.92. The van der Waals surface area contributed by atoms with Crippen LogP contribution in [0.15, 0.2) is 115 Å². The van der Waals surface area contributed by atoms with E-state index in [0.717, 1.165) is 27.7 Å². The van der Waals surface area contributed by atoms with E-state index in [1.54, 1.807) is 0 Å². The lowest BCUT2D eigenvalue weighted by atomic mass is 10.2. The minimum atomic E-state index is -2.44. The van der Waals surface area contributed by atoms with E-state index >= 15 is 0 Å². The van der Waals surface area contributed by atoms with Gasteiger partial charge in [-0.05, 0) is 67.9 Å². The van der Waals surface area contributed by atoms with Crippen molar-refractivity contribution in [1.29, 1.82) is 0 Å². The average molecular weight is 465 g/mol. The molecule has 0 amide bonds. The molecule has 0 bridgehead atoms. The molecule has 2 aromatic carbocycles. The molecule has 34 heavy (non-hydrogen) atoms. The van der Waals surface area contributed by atoms with Crippen molar-refractivity contribution in [2.45, 2.75) is 13.8 Å². The fraction of sp³-hybridized carbons (Fsp3) is 0.103. The summed E-state index contributed by atoms with van der Waals surface area (Å²) >= 11 is 0. The van der Waals surface area contributed by atoms with Crippen molar-refractivity contribution in [1.82, 2.24) is 9.97 Å². The van der Waals surface area contributed by atoms with Crippen LogP contribution in [0.4, 0.5) is 0 Å². The Bertz CT molecular complexity index is 1180. The number of pyridine rings is 2. The number of hydrogen-bond donors (Lipinski definition) is 0. The highest BCUT2D eigenvalue weighted by Gasteiger charge is 2.35. The Balaban J connectivity index is 1.52. The van der Waals surface area contributed by atoms with Crippen molar-refractivity contribution >= 4 is 24.8 Å². The molecule has 2 aromatic heterocycles. The van der Waals surface area contributed by atoms with E-state index < -0.39 is 8.07 Å². The van der Waals surface area contributed by atoms with Crippen molar-refractivity contribution in [2.75, 3.05) is 6.79 Å². The summed E-state index contributed by atoms with van der Waals surface area (Å²) in [5, 5.41) is 2.10. The van der Waals surface area contributed by atoms with Gasteiger partial charge in [0.25, 0.3) is 0 Å². The average Bonchev–Trinajstić information content (AvgIpc) is 2.89. The van der Waals surface area contributed by atoms with Crippen molar-refractivity contribution in [2.24, 2.45) is 0 Å². The predicted molar refractivity (Wildman–Crippen MR) is 141 cm³/mol. The van der Waals surface area contributed by atoms with Gasteiger partial charge in [0.05, 0.1) is 0 Å². The molecular weight excluding hydrogens is 436 g/mol. The highest BCUT2D eigenvalue weighted by Crippen LogP contribution is 2.17. The molecule has 0 saturated heterocycles. The Morgan fingerprint density at radius 1 is 0.706 bits per heavy atom. The third kappa shape index (κ3) is 5.69. The van der Waals surface area contributed by atoms with E-state index in [1.165, 1.54) is 5.56 Å². The molecule has 0 fully saturated rings. The number of rotatable bonds is 9. The van der Waals surface area contributed by atoms with E-state index in [4.69, 9.17) is 19.4 Å². The van der Waals surface area contributed by atoms with Crippen LogP contribution in [0.3, 0.4) is 0 Å². The van der Waals surface area contributed by atoms with Gasteiger partial charge in [-0.2, -0.15) is 0 Å². The van der Waals surface area contributed by atoms with E-state index in [1.807, 2.05) is 99.0 Å². The van der Waals surface area contributed by atoms with Crippen LogP contribution in [0.2, 0.25) is 0 Å². The van der Waals surface area contributed by atoms with Gasteiger partial charge in [-0.15, -0.1) is 0 Å². The van der Waals surface area contributed by atoms with Gasteiger partial charge < -0.3 is 9.47 Å². The Morgan fingerprint density at radius 3 is 1.76 bits per heavy atom. The second-order valence-corrected chi connectivity index (χ2v) is 11.4. The zero-order valence-electron chi connectivity index (χ0n) is 19.5. The van der Waals surface area contributed by atoms with E-state index in [-0.39, 0.29) is 6.79 Å². The quantitative estimate of drug-likeness (QED) is 0.254. The topological polar surface area (TPSA) is 44.2 Å². The molecule has 4 nitrogen and oxygen atoms in total. The maximum atomic E-state index is 5.75. The van der Waals surface area contributed by atoms with Gasteiger partial charge in [-0.25, -0.2) is 0 Å². The lowest BCUT2D eigenvalue weighted by molar-refractivity contribution is 0.120. The number of ether oxygens (including phenoxy) is 2. The fourth-order valence-electron chi connectivity index (χ4n) is 3.71. The maximum Gasteiger partial charge on any atom is 0.230 e. The van der Waals surface area contributed by atoms with Gasteiger partial charge in [0.15, 0.2) is 0 Å². The highest BCUT2D eigenvalue weighted by molar-refractivity contribution is 7.08. The summed E-state index contributed by atoms with van der Waals surface area (Å²) in [7, 11) is -2.44. The number of nitrogens with zero attached hydrogens (tertiary/aromatic N) is 2. The molecule has 0 aliphatic rings. The minimum Gasteiger partial charge on any atom is -0.458 e. The van der Waals surface area contributed by atoms with Crippen LogP contribution in [-0.2, 0) is 0 Å². The number of allylic oxidation sites excluding steroid dienone is 1. The number of aromatic nitrogens is 2. The lowest BCUT2D eigenvalue weighted by Crippen LogP contribution is -2.58. The van der Waals surface area contributed by atoms with Crippen LogP contribution in [0.5, 0.6) is 11.5 Å². The third-order valence-corrected chi connectivity index (χ3v) is 9.34. The minimum absolute atomic E-state index is 0.162. The molecule has 0 aliphatic carbocycles. The first-order valence-electron chi connectivity index (χ1n) is 11.3. The molecule has 4 rings (SSSR count). The molecule has 0 atom stereocenters. The standard InChI is InChI=1S/C29H28N2O2Si/c1-3-21-34(28-8-4-6-19-30-28,29-9-5-7-20-31-29)22-18-25-12-16-27(17-13-25)33-23-32-26-14-10-24(2)11-15-26/h3-22H,23H2,1-2H3. The lowest BCUT2D eigenvalue weighted by Gasteiger charge is -2.24. The molecule has 0 saturated carbocycles. The molecule has 0 N–H and O–H groups in total. The molecule has 0 radical (unpaired) electrons. The zero-order chi connectivity index (χ0) is 23.6. The SMILES string of the molecule is CC=C[Si](C=Cc1ccc(OCOc2ccc(C)cc2)cc1)(c1ccccn1)c1ccccn1. The summed E-state index contributed by atoms with van der Waals surface area (Å²) < 4.78 is 11.4. The highest BCUT2D eigenvalue weighted by atomic mass is 28.3. The molecule has 2 heterocycles. The second kappa shape index (κ2) is 11.3. The Kier molecular flexibility index (Phi) is 7.68. The van der Waals surface area contributed by atoms with Crippen LogP contribution in [0.25, 0.3) is 6.08 Å². The fourth-order valence-corrected chi connectivity index (χ4v) is 7.07. The third-order valence-electron chi connectivity index (χ3n) is 5.50. The van der Waals surface area contributed by atoms with E-state index in [9.17, 15) is 0 Å². The number of benzene rings is 2. The van der Waals surface area contributed by atoms with Crippen LogP contribution < -0.4 is 20.1 Å². The van der Waals surface area contributed by atoms with Gasteiger partial charge in [0.2, 0.25) is 14.9 Å². The molecule has 5 heteroatoms. The van der Waals surface area contributed by atoms with Crippen LogP contribution in [0, 0.1) is 6.92 Å². The van der Waals surface area contributed by atoms with E-state index in [2.05, 4.69) is 35.7 Å². The van der Waals surface area contributed by atoms with Crippen molar-refractivity contribution in [3.05, 3.63) is 126 Å². The largest absolute Gasteiger partial charge is 0.458 e. The summed E-state index contributed by atoms with van der Waals surface area (Å²) in [6.07, 6.45) is 7.96. The van der Waals surface area contributed by atoms with E-state index in [0.29, 0.717) is 0 Å². The predicted octanol–water partition coefficient (Wildman–Crippen LogP) is 5.13. The Hall–Kier alpha value is -3.96. The van der Waals surface area contributed by atoms with Crippen LogP contribution >= 0.6 is 0 Å². The van der Waals surface area contributed by atoms with Gasteiger partial charge >= 0.3 is 0 Å². The Morgan fingerprint density at radius 2 is 1.26 bits per heavy atom. The number of aryl methyl sites for hydroxylation is 1. The molecule has 0 aliphatic heterocycles. The van der Waals surface area contributed by atoms with Crippen molar-refractivity contribution < 1.29 is 9.47 Å². The van der Waals surface area contributed by atoms with Gasteiger partial charge in [0, 0.05) is 23.0 Å². The first-order chi connectivity index (χ1) is 16.7. The van der Waals surface area contributed by atoms with Gasteiger partial charge in [0.1, 0.15) is 11.5 Å². The van der Waals surface area contributed by atoms with Gasteiger partial charge in [-0.1, -0.05) is 65.5 Å². The summed E-state index contributed by atoms with van der Waals surface area (Å²) in [5.41, 5.74) is 6.84. The molecule has 0 unspecified atom stereocenters. The van der Waals surface area contributed by atoms with Crippen LogP contribution in [0.1, 0.15) is 18.1 Å². The molecule has 0 spiro atoms. The monoisotopic (exact) mass is 464 g/mol. The normalized spacial score (nSPS) is 11.7. The van der Waals surface area contributed by atoms with Crippen LogP contribution in [-0.4, -0.2) is 24.8 Å². The summed E-state index contributed by atoms with van der Waals surface area (Å²) in [5.74, 6) is 1.55. The summed E-state index contributed by atoms with van der Waals surface area (Å²) in [6, 6.07) is 28.1. The zero-order valence-corrected chi connectivity index (χ0v) is 20.5. The van der Waals surface area contributed by atoms with Crippen molar-refractivity contribution in [3.63, 3.8) is 0 Å². The van der Waals surface area contributed by atoms with Gasteiger partial charge in [-0.3, -0.25) is 9.97 Å². The first kappa shape index (κ1) is 23.2. The molecular formula is C29H28N2O2Si. The summed E-state index contributed by atoms with van der Waals surface area (Å²) in [6.45, 7) is 4.26. The molecule has 170 valence electrons. The number of hydrogen-bond acceptors (Lipinski definition) is 4. The first-order valence-corrected chi connectivity index (χ1v) is 13.4. The Labute approximate surface area is 202 Å². The smallest absolute Gasteiger partial charge is 0.230 e.